The molecule has 1 atom stereocenters. The van der Waals surface area contributed by atoms with E-state index in [1.54, 1.807) is 6.07 Å². The number of nitrogens with zero attached hydrogens (tertiary/aromatic N) is 4. The number of benzene rings is 2. The molecule has 4 aromatic rings. The second-order valence-corrected chi connectivity index (χ2v) is 8.89. The Morgan fingerprint density at radius 2 is 2.03 bits per heavy atom. The van der Waals surface area contributed by atoms with Gasteiger partial charge in [0.05, 0.1) is 11.1 Å². The Morgan fingerprint density at radius 1 is 1.18 bits per heavy atom. The van der Waals surface area contributed by atoms with Gasteiger partial charge in [-0.3, -0.25) is 0 Å². The van der Waals surface area contributed by atoms with Crippen LogP contribution in [0.15, 0.2) is 42.7 Å². The van der Waals surface area contributed by atoms with Crippen molar-refractivity contribution in [1.82, 2.24) is 19.7 Å². The maximum absolute atomic E-state index is 13.6. The molecule has 1 aliphatic carbocycles. The van der Waals surface area contributed by atoms with Crippen LogP contribution < -0.4 is 20.9 Å². The largest absolute Gasteiger partial charge is 0.489 e. The van der Waals surface area contributed by atoms with E-state index in [1.165, 1.54) is 18.5 Å². The Morgan fingerprint density at radius 3 is 2.82 bits per heavy atom. The number of nitrogens with two attached hydrogens (primary N) is 1. The maximum Gasteiger partial charge on any atom is 0.163 e. The fraction of sp³-hybridized carbons (Fsp3) is 0.240. The van der Waals surface area contributed by atoms with Crippen LogP contribution >= 0.6 is 11.6 Å². The molecule has 0 fully saturated rings. The molecule has 2 aromatic carbocycles. The van der Waals surface area contributed by atoms with Crippen molar-refractivity contribution in [2.24, 2.45) is 0 Å². The molecule has 0 aliphatic heterocycles. The van der Waals surface area contributed by atoms with Gasteiger partial charge in [-0.25, -0.2) is 19.0 Å². The molecule has 0 amide bonds. The number of halogens is 2. The zero-order valence-corrected chi connectivity index (χ0v) is 19.1. The van der Waals surface area contributed by atoms with Crippen LogP contribution in [-0.2, 0) is 6.61 Å². The summed E-state index contributed by atoms with van der Waals surface area (Å²) in [5.74, 6) is 0.847. The van der Waals surface area contributed by atoms with E-state index >= 15 is 0 Å². The highest BCUT2D eigenvalue weighted by Crippen LogP contribution is 2.32. The van der Waals surface area contributed by atoms with Gasteiger partial charge in [0, 0.05) is 17.0 Å². The van der Waals surface area contributed by atoms with Crippen LogP contribution in [0, 0.1) is 5.82 Å². The highest BCUT2D eigenvalue weighted by atomic mass is 35.5. The van der Waals surface area contributed by atoms with Crippen molar-refractivity contribution in [3.8, 4) is 5.75 Å². The fourth-order valence-electron chi connectivity index (χ4n) is 4.20. The van der Waals surface area contributed by atoms with Gasteiger partial charge in [-0.15, -0.1) is 0 Å². The first kappa shape index (κ1) is 21.4. The molecule has 6 nitrogen and oxygen atoms in total. The lowest BCUT2D eigenvalue weighted by Crippen LogP contribution is -2.28. The minimum Gasteiger partial charge on any atom is -0.489 e. The van der Waals surface area contributed by atoms with Gasteiger partial charge in [-0.2, -0.15) is 5.10 Å². The highest BCUT2D eigenvalue weighted by molar-refractivity contribution is 6.30. The van der Waals surface area contributed by atoms with Gasteiger partial charge in [0.1, 0.15) is 30.3 Å². The van der Waals surface area contributed by atoms with E-state index < -0.39 is 0 Å². The molecular weight excluding hydrogens is 441 g/mol. The van der Waals surface area contributed by atoms with Crippen LogP contribution in [0.1, 0.15) is 43.5 Å². The number of fused-ring (bicyclic) bond motifs is 2. The standard InChI is InChI=1S/C25H23ClFN5O/c1-14(2)32-25-22(24(28)29-13-30-25)23(31-32)18-4-3-17-10-21(6-5-16(17)9-18)33-12-15-7-19(26)11-20(27)8-15/h3,5-11,13-14,18H,4,12H2,1-2H3,(H2,28,29,30). The number of aromatic nitrogens is 4. The molecular formula is C25H23ClFN5O. The van der Waals surface area contributed by atoms with Crippen LogP contribution in [0.5, 0.6) is 5.75 Å². The lowest BCUT2D eigenvalue weighted by Gasteiger charge is -2.14. The van der Waals surface area contributed by atoms with E-state index in [-0.39, 0.29) is 24.4 Å². The van der Waals surface area contributed by atoms with Gasteiger partial charge in [-0.1, -0.05) is 29.8 Å². The van der Waals surface area contributed by atoms with E-state index in [0.29, 0.717) is 22.2 Å². The molecule has 8 heteroatoms. The predicted octanol–water partition coefficient (Wildman–Crippen LogP) is 4.11. The fourth-order valence-corrected chi connectivity index (χ4v) is 4.45. The molecule has 168 valence electrons. The minimum atomic E-state index is -0.376. The van der Waals surface area contributed by atoms with Crippen molar-refractivity contribution in [3.63, 3.8) is 0 Å². The third kappa shape index (κ3) is 4.16. The average Bonchev–Trinajstić information content (AvgIpc) is 3.18. The zero-order chi connectivity index (χ0) is 23.1. The molecule has 1 aliphatic rings. The van der Waals surface area contributed by atoms with Crippen molar-refractivity contribution < 1.29 is 9.13 Å². The molecule has 1 unspecified atom stereocenters. The molecule has 2 aromatic heterocycles. The predicted molar refractivity (Wildman–Crippen MR) is 128 cm³/mol. The Labute approximate surface area is 195 Å². The van der Waals surface area contributed by atoms with E-state index in [4.69, 9.17) is 27.2 Å². The molecule has 33 heavy (non-hydrogen) atoms. The van der Waals surface area contributed by atoms with Crippen molar-refractivity contribution >= 4 is 40.6 Å². The minimum absolute atomic E-state index is 0.0644. The normalized spacial score (nSPS) is 15.2. The summed E-state index contributed by atoms with van der Waals surface area (Å²) in [5.41, 5.74) is 8.54. The highest BCUT2D eigenvalue weighted by Gasteiger charge is 2.23. The Hall–Kier alpha value is -3.45. The van der Waals surface area contributed by atoms with E-state index in [2.05, 4.69) is 36.0 Å². The van der Waals surface area contributed by atoms with Gasteiger partial charge in [0.15, 0.2) is 5.65 Å². The second-order valence-electron chi connectivity index (χ2n) is 8.45. The Kier molecular flexibility index (Phi) is 5.50. The van der Waals surface area contributed by atoms with Gasteiger partial charge in [0.2, 0.25) is 0 Å². The molecule has 2 heterocycles. The lowest BCUT2D eigenvalue weighted by atomic mass is 9.93. The summed E-state index contributed by atoms with van der Waals surface area (Å²) in [4.78, 5) is 8.62. The summed E-state index contributed by atoms with van der Waals surface area (Å²) in [6, 6.07) is 10.5. The SMILES string of the molecule is CC(C)n1nc(C2C=c3ccc(OCc4cc(F)cc(Cl)c4)cc3=CC2)c2c(N)ncnc21. The molecule has 5 rings (SSSR count). The number of anilines is 1. The van der Waals surface area contributed by atoms with Gasteiger partial charge < -0.3 is 10.5 Å². The molecule has 0 saturated heterocycles. The molecule has 0 saturated carbocycles. The molecule has 0 radical (unpaired) electrons. The molecule has 2 N–H and O–H groups in total. The van der Waals surface area contributed by atoms with Crippen molar-refractivity contribution in [1.29, 1.82) is 0 Å². The molecule has 0 spiro atoms. The quantitative estimate of drug-likeness (QED) is 0.482. The Balaban J connectivity index is 1.44. The first-order valence-electron chi connectivity index (χ1n) is 10.8. The number of hydrogen-bond acceptors (Lipinski definition) is 5. The summed E-state index contributed by atoms with van der Waals surface area (Å²) in [6.45, 7) is 4.38. The molecule has 0 bridgehead atoms. The van der Waals surface area contributed by atoms with Crippen LogP contribution in [0.4, 0.5) is 10.2 Å². The van der Waals surface area contributed by atoms with Crippen LogP contribution in [0.2, 0.25) is 5.02 Å². The summed E-state index contributed by atoms with van der Waals surface area (Å²) in [7, 11) is 0. The Bertz CT molecular complexity index is 1460. The number of rotatable bonds is 5. The first-order valence-corrected chi connectivity index (χ1v) is 11.2. The van der Waals surface area contributed by atoms with E-state index in [0.717, 1.165) is 33.6 Å². The number of hydrogen-bond donors (Lipinski definition) is 1. The van der Waals surface area contributed by atoms with E-state index in [1.807, 2.05) is 22.9 Å². The van der Waals surface area contributed by atoms with Crippen LogP contribution in [-0.4, -0.2) is 19.7 Å². The van der Waals surface area contributed by atoms with E-state index in [9.17, 15) is 4.39 Å². The van der Waals surface area contributed by atoms with Gasteiger partial charge in [0.25, 0.3) is 0 Å². The van der Waals surface area contributed by atoms with Crippen molar-refractivity contribution in [2.45, 2.75) is 38.8 Å². The maximum atomic E-state index is 13.6. The second kappa shape index (κ2) is 8.48. The number of ether oxygens (including phenoxy) is 1. The summed E-state index contributed by atoms with van der Waals surface area (Å²) < 4.78 is 21.3. The van der Waals surface area contributed by atoms with Gasteiger partial charge >= 0.3 is 0 Å². The smallest absolute Gasteiger partial charge is 0.163 e. The first-order chi connectivity index (χ1) is 15.9. The number of nitrogen functional groups attached to an aromatic ring is 1. The summed E-state index contributed by atoms with van der Waals surface area (Å²) >= 11 is 5.93. The average molecular weight is 464 g/mol. The van der Waals surface area contributed by atoms with Crippen molar-refractivity contribution in [3.05, 3.63) is 75.3 Å². The van der Waals surface area contributed by atoms with Gasteiger partial charge in [-0.05, 0) is 66.6 Å². The van der Waals surface area contributed by atoms with Crippen LogP contribution in [0.25, 0.3) is 23.2 Å². The topological polar surface area (TPSA) is 78.9 Å². The zero-order valence-electron chi connectivity index (χ0n) is 18.3. The lowest BCUT2D eigenvalue weighted by molar-refractivity contribution is 0.305. The van der Waals surface area contributed by atoms with Crippen LogP contribution in [0.3, 0.4) is 0 Å². The van der Waals surface area contributed by atoms with Crippen molar-refractivity contribution in [2.75, 3.05) is 5.73 Å². The summed E-state index contributed by atoms with van der Waals surface area (Å²) in [5, 5.41) is 8.20. The third-order valence-corrected chi connectivity index (χ3v) is 5.96. The summed E-state index contributed by atoms with van der Waals surface area (Å²) in [6.07, 6.45) is 6.62. The third-order valence-electron chi connectivity index (χ3n) is 5.74. The monoisotopic (exact) mass is 463 g/mol.